The predicted molar refractivity (Wildman–Crippen MR) is 200 cm³/mol. The molecule has 0 aromatic carbocycles. The molecule has 56 heavy (non-hydrogen) atoms. The maximum absolute atomic E-state index is 12.4. The van der Waals surface area contributed by atoms with Crippen molar-refractivity contribution in [3.05, 3.63) is 0 Å². The molecule has 14 heteroatoms. The Balaban J connectivity index is 1.26. The second-order valence-electron chi connectivity index (χ2n) is 21.2. The Bertz CT molecular complexity index is 1430. The summed E-state index contributed by atoms with van der Waals surface area (Å²) in [5.41, 5.74) is -3.36. The maximum Gasteiger partial charge on any atom is 0.187 e. The average Bonchev–Trinajstić information content (AvgIpc) is 3.71. The molecule has 7 aliphatic rings. The van der Waals surface area contributed by atoms with Gasteiger partial charge in [0.05, 0.1) is 48.3 Å². The molecular formula is C42H72O14. The second kappa shape index (κ2) is 14.5. The highest BCUT2D eigenvalue weighted by Crippen LogP contribution is 2.76. The van der Waals surface area contributed by atoms with Crippen LogP contribution in [0, 0.1) is 45.3 Å². The van der Waals surface area contributed by atoms with E-state index in [0.29, 0.717) is 25.7 Å². The van der Waals surface area contributed by atoms with Gasteiger partial charge in [-0.25, -0.2) is 0 Å². The lowest BCUT2D eigenvalue weighted by Crippen LogP contribution is -2.71. The Labute approximate surface area is 331 Å². The number of aliphatic hydroxyl groups is 9. The molecule has 4 saturated carbocycles. The molecule has 22 atom stereocenters. The molecule has 0 aromatic rings. The minimum atomic E-state index is -1.70. The van der Waals surface area contributed by atoms with Crippen LogP contribution in [0.15, 0.2) is 0 Å². The molecule has 9 N–H and O–H groups in total. The second-order valence-corrected chi connectivity index (χ2v) is 21.2. The minimum absolute atomic E-state index is 0.0557. The number of hydrogen-bond donors (Lipinski definition) is 9. The van der Waals surface area contributed by atoms with Crippen LogP contribution >= 0.6 is 0 Å². The summed E-state index contributed by atoms with van der Waals surface area (Å²) in [6.45, 7) is 17.6. The number of rotatable bonds is 7. The number of aliphatic hydroxyl groups excluding tert-OH is 8. The van der Waals surface area contributed by atoms with Crippen LogP contribution < -0.4 is 0 Å². The Kier molecular flexibility index (Phi) is 11.3. The van der Waals surface area contributed by atoms with Crippen LogP contribution in [0.1, 0.15) is 114 Å². The molecule has 0 aromatic heterocycles. The molecule has 0 amide bonds. The summed E-state index contributed by atoms with van der Waals surface area (Å²) >= 11 is 0. The minimum Gasteiger partial charge on any atom is -0.394 e. The molecule has 0 spiro atoms. The first-order chi connectivity index (χ1) is 25.9. The van der Waals surface area contributed by atoms with Gasteiger partial charge >= 0.3 is 0 Å². The summed E-state index contributed by atoms with van der Waals surface area (Å²) < 4.78 is 32.0. The van der Waals surface area contributed by atoms with Crippen LogP contribution in [0.4, 0.5) is 0 Å². The quantitative estimate of drug-likeness (QED) is 0.166. The molecule has 14 nitrogen and oxygen atoms in total. The van der Waals surface area contributed by atoms with E-state index in [1.165, 1.54) is 6.92 Å². The van der Waals surface area contributed by atoms with Crippen molar-refractivity contribution in [2.75, 3.05) is 6.61 Å². The van der Waals surface area contributed by atoms with Crippen LogP contribution in [0.3, 0.4) is 0 Å². The fourth-order valence-electron chi connectivity index (χ4n) is 14.1. The molecule has 324 valence electrons. The molecule has 7 fully saturated rings. The van der Waals surface area contributed by atoms with Crippen molar-refractivity contribution < 1.29 is 69.6 Å². The average molecular weight is 801 g/mol. The summed E-state index contributed by atoms with van der Waals surface area (Å²) in [7, 11) is 0. The van der Waals surface area contributed by atoms with Gasteiger partial charge in [-0.2, -0.15) is 0 Å². The van der Waals surface area contributed by atoms with Gasteiger partial charge in [-0.05, 0) is 124 Å². The predicted octanol–water partition coefficient (Wildman–Crippen LogP) is 1.36. The topological polar surface area (TPSA) is 228 Å². The maximum atomic E-state index is 12.4. The zero-order valence-electron chi connectivity index (χ0n) is 34.8. The van der Waals surface area contributed by atoms with Crippen LogP contribution in [0.2, 0.25) is 0 Å². The molecule has 3 heterocycles. The highest BCUT2D eigenvalue weighted by atomic mass is 16.8. The fourth-order valence-corrected chi connectivity index (χ4v) is 14.1. The third-order valence-corrected chi connectivity index (χ3v) is 17.3. The Morgan fingerprint density at radius 3 is 2.04 bits per heavy atom. The molecule has 0 bridgehead atoms. The standard InChI is InChI=1S/C42H72O14/c1-19-28(46)30(48)32(50)35(52-19)55-33-31(49)29(47)23(18-43)54-36(33)53-22-17-41(8)24(39(6)13-11-25(45)37(2,3)34(22)39)16-21(44)27-20(10-14-40(27,41)7)42(9)15-12-26(56-42)38(4,5)51/h19-36,43-51H,10-18H2,1-9H3/t19-,20-,21+,22-,23+,24+,25-,26+,27-,28-,29+,30+,31-,32+,33-,34-,35-,36-,39+,40+,41+,42-/m0/s1. The zero-order valence-corrected chi connectivity index (χ0v) is 34.8. The SMILES string of the molecule is C[C@@H]1O[C@@H](O[C@@H]2[C@@H](O[C@H]3C[C@]4(C)[C@H](C[C@@H](O)[C@@H]5[C@@H]([C@]6(C)CC[C@H](C(C)(C)O)O6)CC[C@]54C)[C@@]4(C)CC[C@H](O)C(C)(C)[C@H]34)O[C@H](CO)[C@@H](O)[C@@H]2O)[C@H](O)[C@H](O)[C@H]1O. The Morgan fingerprint density at radius 1 is 0.732 bits per heavy atom. The lowest BCUT2D eigenvalue weighted by Gasteiger charge is -2.72. The van der Waals surface area contributed by atoms with Gasteiger partial charge in [-0.3, -0.25) is 0 Å². The van der Waals surface area contributed by atoms with Crippen molar-refractivity contribution in [2.24, 2.45) is 45.3 Å². The number of hydrogen-bond acceptors (Lipinski definition) is 14. The summed E-state index contributed by atoms with van der Waals surface area (Å²) in [6.07, 6.45) is -11.0. The first-order valence-corrected chi connectivity index (χ1v) is 21.2. The summed E-state index contributed by atoms with van der Waals surface area (Å²) in [5, 5.41) is 99.5. The molecule has 4 aliphatic carbocycles. The molecule has 0 radical (unpaired) electrons. The van der Waals surface area contributed by atoms with Crippen molar-refractivity contribution in [1.29, 1.82) is 0 Å². The molecule has 0 unspecified atom stereocenters. The Hall–Kier alpha value is -0.560. The van der Waals surface area contributed by atoms with E-state index < -0.39 is 114 Å². The van der Waals surface area contributed by atoms with Crippen molar-refractivity contribution in [1.82, 2.24) is 0 Å². The van der Waals surface area contributed by atoms with Crippen molar-refractivity contribution in [3.8, 4) is 0 Å². The van der Waals surface area contributed by atoms with Gasteiger partial charge in [-0.15, -0.1) is 0 Å². The van der Waals surface area contributed by atoms with Crippen LogP contribution in [-0.2, 0) is 23.7 Å². The van der Waals surface area contributed by atoms with E-state index in [4.69, 9.17) is 23.7 Å². The van der Waals surface area contributed by atoms with E-state index in [0.717, 1.165) is 25.7 Å². The van der Waals surface area contributed by atoms with E-state index in [9.17, 15) is 46.0 Å². The summed E-state index contributed by atoms with van der Waals surface area (Å²) in [4.78, 5) is 0. The summed E-state index contributed by atoms with van der Waals surface area (Å²) in [5.74, 6) is -0.246. The zero-order chi connectivity index (χ0) is 41.3. The van der Waals surface area contributed by atoms with Crippen molar-refractivity contribution >= 4 is 0 Å². The first-order valence-electron chi connectivity index (χ1n) is 21.2. The van der Waals surface area contributed by atoms with Crippen LogP contribution in [0.5, 0.6) is 0 Å². The Morgan fingerprint density at radius 2 is 1.41 bits per heavy atom. The first kappa shape index (κ1) is 43.5. The molecule has 7 rings (SSSR count). The number of fused-ring (bicyclic) bond motifs is 5. The van der Waals surface area contributed by atoms with Gasteiger partial charge in [0.25, 0.3) is 0 Å². The van der Waals surface area contributed by atoms with Crippen LogP contribution in [0.25, 0.3) is 0 Å². The highest BCUT2D eigenvalue weighted by molar-refractivity contribution is 5.22. The van der Waals surface area contributed by atoms with Crippen molar-refractivity contribution in [3.63, 3.8) is 0 Å². The lowest BCUT2D eigenvalue weighted by molar-refractivity contribution is -0.382. The van der Waals surface area contributed by atoms with E-state index in [2.05, 4.69) is 41.5 Å². The van der Waals surface area contributed by atoms with Gasteiger partial charge in [0.1, 0.15) is 42.7 Å². The lowest BCUT2D eigenvalue weighted by atomic mass is 9.34. The van der Waals surface area contributed by atoms with E-state index in [1.54, 1.807) is 13.8 Å². The molecular weight excluding hydrogens is 728 g/mol. The van der Waals surface area contributed by atoms with Crippen molar-refractivity contribution in [2.45, 2.75) is 211 Å². The van der Waals surface area contributed by atoms with Gasteiger partial charge in [-0.1, -0.05) is 34.6 Å². The highest BCUT2D eigenvalue weighted by Gasteiger charge is 2.74. The smallest absolute Gasteiger partial charge is 0.187 e. The van der Waals surface area contributed by atoms with E-state index in [1.807, 2.05) is 0 Å². The molecule has 3 saturated heterocycles. The van der Waals surface area contributed by atoms with Gasteiger partial charge in [0.15, 0.2) is 12.6 Å². The van der Waals surface area contributed by atoms with Gasteiger partial charge in [0, 0.05) is 0 Å². The van der Waals surface area contributed by atoms with Crippen LogP contribution in [-0.4, -0.2) is 150 Å². The summed E-state index contributed by atoms with van der Waals surface area (Å²) in [6, 6.07) is 0. The van der Waals surface area contributed by atoms with E-state index in [-0.39, 0.29) is 35.2 Å². The van der Waals surface area contributed by atoms with Gasteiger partial charge < -0.3 is 69.6 Å². The monoisotopic (exact) mass is 800 g/mol. The third kappa shape index (κ3) is 6.49. The van der Waals surface area contributed by atoms with E-state index >= 15 is 0 Å². The molecule has 3 aliphatic heterocycles. The normalized spacial score (nSPS) is 57.3. The number of ether oxygens (including phenoxy) is 5. The third-order valence-electron chi connectivity index (χ3n) is 17.3. The van der Waals surface area contributed by atoms with Gasteiger partial charge in [0.2, 0.25) is 0 Å². The fraction of sp³-hybridized carbons (Fsp3) is 1.00. The largest absolute Gasteiger partial charge is 0.394 e.